The summed E-state index contributed by atoms with van der Waals surface area (Å²) in [5, 5.41) is 2.89. The maximum absolute atomic E-state index is 12.0. The van der Waals surface area contributed by atoms with Crippen molar-refractivity contribution < 1.29 is 22.7 Å². The first-order chi connectivity index (χ1) is 11.9. The molecule has 1 saturated heterocycles. The second-order valence-electron chi connectivity index (χ2n) is 6.11. The topological polar surface area (TPSA) is 84.9 Å². The van der Waals surface area contributed by atoms with Gasteiger partial charge in [0.25, 0.3) is 5.91 Å². The SMILES string of the molecule is CCCOc1ccc(OCC(=O)NC2CCN(S(C)(=O)=O)CC2)cc1. The summed E-state index contributed by atoms with van der Waals surface area (Å²) in [6, 6.07) is 7.14. The molecule has 8 heteroatoms. The summed E-state index contributed by atoms with van der Waals surface area (Å²) in [5.41, 5.74) is 0. The van der Waals surface area contributed by atoms with Crippen molar-refractivity contribution in [3.05, 3.63) is 24.3 Å². The number of hydrogen-bond acceptors (Lipinski definition) is 5. The van der Waals surface area contributed by atoms with E-state index in [0.717, 1.165) is 12.2 Å². The molecule has 1 amide bonds. The van der Waals surface area contributed by atoms with Crippen LogP contribution < -0.4 is 14.8 Å². The molecule has 0 aromatic heterocycles. The second kappa shape index (κ2) is 9.05. The first-order valence-electron chi connectivity index (χ1n) is 8.48. The Morgan fingerprint density at radius 2 is 1.72 bits per heavy atom. The van der Waals surface area contributed by atoms with Crippen molar-refractivity contribution >= 4 is 15.9 Å². The molecule has 1 fully saturated rings. The molecule has 0 unspecified atom stereocenters. The molecule has 7 nitrogen and oxygen atoms in total. The Bertz CT molecular complexity index is 652. The zero-order valence-electron chi connectivity index (χ0n) is 14.7. The fourth-order valence-corrected chi connectivity index (χ4v) is 3.48. The van der Waals surface area contributed by atoms with Gasteiger partial charge in [-0.05, 0) is 43.5 Å². The number of nitrogens with zero attached hydrogens (tertiary/aromatic N) is 1. The Hall–Kier alpha value is -1.80. The zero-order chi connectivity index (χ0) is 18.3. The van der Waals surface area contributed by atoms with Crippen LogP contribution >= 0.6 is 0 Å². The summed E-state index contributed by atoms with van der Waals surface area (Å²) in [5.74, 6) is 1.17. The molecule has 0 bridgehead atoms. The first kappa shape index (κ1) is 19.5. The van der Waals surface area contributed by atoms with Gasteiger partial charge in [-0.2, -0.15) is 0 Å². The standard InChI is InChI=1S/C17H26N2O5S/c1-3-12-23-15-4-6-16(7-5-15)24-13-17(20)18-14-8-10-19(11-9-14)25(2,21)22/h4-7,14H,3,8-13H2,1-2H3,(H,18,20). The number of sulfonamides is 1. The van der Waals surface area contributed by atoms with Crippen LogP contribution in [0.1, 0.15) is 26.2 Å². The summed E-state index contributed by atoms with van der Waals surface area (Å²) in [6.45, 7) is 3.51. The van der Waals surface area contributed by atoms with E-state index in [0.29, 0.717) is 38.3 Å². The summed E-state index contributed by atoms with van der Waals surface area (Å²) in [6.07, 6.45) is 3.38. The summed E-state index contributed by atoms with van der Waals surface area (Å²) >= 11 is 0. The van der Waals surface area contributed by atoms with Gasteiger partial charge >= 0.3 is 0 Å². The predicted octanol–water partition coefficient (Wildman–Crippen LogP) is 1.39. The number of amides is 1. The number of benzene rings is 1. The number of carbonyl (C=O) groups excluding carboxylic acids is 1. The molecular weight excluding hydrogens is 344 g/mol. The van der Waals surface area contributed by atoms with Crippen molar-refractivity contribution in [3.63, 3.8) is 0 Å². The van der Waals surface area contributed by atoms with Crippen molar-refractivity contribution in [2.24, 2.45) is 0 Å². The Morgan fingerprint density at radius 1 is 1.16 bits per heavy atom. The fourth-order valence-electron chi connectivity index (χ4n) is 2.60. The highest BCUT2D eigenvalue weighted by Crippen LogP contribution is 2.18. The van der Waals surface area contributed by atoms with Crippen molar-refractivity contribution in [1.82, 2.24) is 9.62 Å². The van der Waals surface area contributed by atoms with Gasteiger partial charge in [0.15, 0.2) is 6.61 Å². The van der Waals surface area contributed by atoms with E-state index in [-0.39, 0.29) is 18.6 Å². The molecule has 0 spiro atoms. The van der Waals surface area contributed by atoms with E-state index < -0.39 is 10.0 Å². The summed E-state index contributed by atoms with van der Waals surface area (Å²) in [4.78, 5) is 12.0. The lowest BCUT2D eigenvalue weighted by atomic mass is 10.1. The highest BCUT2D eigenvalue weighted by atomic mass is 32.2. The number of ether oxygens (including phenoxy) is 2. The highest BCUT2D eigenvalue weighted by Gasteiger charge is 2.25. The highest BCUT2D eigenvalue weighted by molar-refractivity contribution is 7.88. The minimum absolute atomic E-state index is 0.0149. The molecule has 0 aliphatic carbocycles. The molecule has 1 heterocycles. The average Bonchev–Trinajstić information content (AvgIpc) is 2.59. The van der Waals surface area contributed by atoms with Crippen LogP contribution in [-0.4, -0.2) is 57.2 Å². The van der Waals surface area contributed by atoms with Crippen molar-refractivity contribution in [2.75, 3.05) is 32.6 Å². The third-order valence-corrected chi connectivity index (χ3v) is 5.26. The molecule has 140 valence electrons. The molecule has 1 aromatic rings. The van der Waals surface area contributed by atoms with Crippen LogP contribution in [0.25, 0.3) is 0 Å². The van der Waals surface area contributed by atoms with Crippen LogP contribution in [0.5, 0.6) is 11.5 Å². The monoisotopic (exact) mass is 370 g/mol. The maximum Gasteiger partial charge on any atom is 0.258 e. The van der Waals surface area contributed by atoms with Gasteiger partial charge in [-0.25, -0.2) is 12.7 Å². The Morgan fingerprint density at radius 3 is 2.24 bits per heavy atom. The van der Waals surface area contributed by atoms with Gasteiger partial charge in [0.1, 0.15) is 11.5 Å². The Kier molecular flexibility index (Phi) is 7.07. The molecule has 0 radical (unpaired) electrons. The summed E-state index contributed by atoms with van der Waals surface area (Å²) < 4.78 is 35.3. The number of nitrogens with one attached hydrogen (secondary N) is 1. The van der Waals surface area contributed by atoms with E-state index in [1.54, 1.807) is 12.1 Å². The normalized spacial score (nSPS) is 16.4. The smallest absolute Gasteiger partial charge is 0.258 e. The van der Waals surface area contributed by atoms with E-state index >= 15 is 0 Å². The van der Waals surface area contributed by atoms with Crippen LogP contribution in [0.15, 0.2) is 24.3 Å². The van der Waals surface area contributed by atoms with Gasteiger partial charge in [-0.15, -0.1) is 0 Å². The quantitative estimate of drug-likeness (QED) is 0.748. The fraction of sp³-hybridized carbons (Fsp3) is 0.588. The van der Waals surface area contributed by atoms with Gasteiger partial charge in [-0.3, -0.25) is 4.79 Å². The largest absolute Gasteiger partial charge is 0.494 e. The Balaban J connectivity index is 1.71. The van der Waals surface area contributed by atoms with Crippen LogP contribution in [0.2, 0.25) is 0 Å². The molecule has 1 aliphatic heterocycles. The zero-order valence-corrected chi connectivity index (χ0v) is 15.5. The predicted molar refractivity (Wildman–Crippen MR) is 95.3 cm³/mol. The molecular formula is C17H26N2O5S. The van der Waals surface area contributed by atoms with E-state index in [2.05, 4.69) is 5.32 Å². The third-order valence-electron chi connectivity index (χ3n) is 3.95. The van der Waals surface area contributed by atoms with Crippen LogP contribution in [-0.2, 0) is 14.8 Å². The molecule has 0 saturated carbocycles. The lowest BCUT2D eigenvalue weighted by molar-refractivity contribution is -0.124. The lowest BCUT2D eigenvalue weighted by Crippen LogP contribution is -2.47. The maximum atomic E-state index is 12.0. The molecule has 0 atom stereocenters. The van der Waals surface area contributed by atoms with E-state index in [9.17, 15) is 13.2 Å². The summed E-state index contributed by atoms with van der Waals surface area (Å²) in [7, 11) is -3.15. The van der Waals surface area contributed by atoms with Crippen molar-refractivity contribution in [1.29, 1.82) is 0 Å². The number of hydrogen-bond donors (Lipinski definition) is 1. The van der Waals surface area contributed by atoms with Crippen LogP contribution in [0.4, 0.5) is 0 Å². The number of piperidine rings is 1. The molecule has 1 aromatic carbocycles. The van der Waals surface area contributed by atoms with Gasteiger partial charge in [-0.1, -0.05) is 6.92 Å². The van der Waals surface area contributed by atoms with Gasteiger partial charge in [0.05, 0.1) is 12.9 Å². The van der Waals surface area contributed by atoms with E-state index in [4.69, 9.17) is 9.47 Å². The van der Waals surface area contributed by atoms with Gasteiger partial charge in [0, 0.05) is 19.1 Å². The number of rotatable bonds is 8. The average molecular weight is 370 g/mol. The van der Waals surface area contributed by atoms with Crippen LogP contribution in [0.3, 0.4) is 0 Å². The van der Waals surface area contributed by atoms with Gasteiger partial charge < -0.3 is 14.8 Å². The molecule has 1 N–H and O–H groups in total. The molecule has 25 heavy (non-hydrogen) atoms. The third kappa shape index (κ3) is 6.55. The lowest BCUT2D eigenvalue weighted by Gasteiger charge is -2.30. The second-order valence-corrected chi connectivity index (χ2v) is 8.09. The Labute approximate surface area is 149 Å². The first-order valence-corrected chi connectivity index (χ1v) is 10.3. The van der Waals surface area contributed by atoms with E-state index in [1.807, 2.05) is 19.1 Å². The minimum atomic E-state index is -3.15. The van der Waals surface area contributed by atoms with Crippen molar-refractivity contribution in [3.8, 4) is 11.5 Å². The minimum Gasteiger partial charge on any atom is -0.494 e. The van der Waals surface area contributed by atoms with Gasteiger partial charge in [0.2, 0.25) is 10.0 Å². The molecule has 1 aliphatic rings. The number of carbonyl (C=O) groups is 1. The van der Waals surface area contributed by atoms with Crippen LogP contribution in [0, 0.1) is 0 Å². The van der Waals surface area contributed by atoms with E-state index in [1.165, 1.54) is 10.6 Å². The van der Waals surface area contributed by atoms with Crippen molar-refractivity contribution in [2.45, 2.75) is 32.2 Å². The molecule has 2 rings (SSSR count).